The van der Waals surface area contributed by atoms with Gasteiger partial charge in [0.2, 0.25) is 0 Å². The van der Waals surface area contributed by atoms with Gasteiger partial charge in [-0.2, -0.15) is 0 Å². The number of para-hydroxylation sites is 1. The molecule has 1 amide bonds. The van der Waals surface area contributed by atoms with E-state index in [-0.39, 0.29) is 0 Å². The molecule has 0 heterocycles. The van der Waals surface area contributed by atoms with Crippen LogP contribution in [-0.2, 0) is 9.53 Å². The lowest BCUT2D eigenvalue weighted by molar-refractivity contribution is -0.119. The number of hydrogen-bond donors (Lipinski definition) is 2. The van der Waals surface area contributed by atoms with E-state index in [1.165, 1.54) is 24.3 Å². The highest BCUT2D eigenvalue weighted by molar-refractivity contribution is 5.99. The molecule has 29 heavy (non-hydrogen) atoms. The van der Waals surface area contributed by atoms with Crippen molar-refractivity contribution in [2.24, 2.45) is 0 Å². The van der Waals surface area contributed by atoms with E-state index in [1.54, 1.807) is 18.2 Å². The Kier molecular flexibility index (Phi) is 6.24. The molecular formula is C23H21FN2O3. The van der Waals surface area contributed by atoms with Crippen molar-refractivity contribution in [1.29, 1.82) is 0 Å². The standard InChI is InChI=1S/C23H21FN2O3/c1-15-6-5-9-20(16(15)2)26-21-8-4-3-7-19(21)23(28)29-14-22(27)25-18-12-10-17(24)11-13-18/h3-13,26H,14H2,1-2H3,(H,25,27). The summed E-state index contributed by atoms with van der Waals surface area (Å²) in [6.07, 6.45) is 0. The van der Waals surface area contributed by atoms with Crippen LogP contribution in [0.4, 0.5) is 21.5 Å². The summed E-state index contributed by atoms with van der Waals surface area (Å²) in [6, 6.07) is 18.1. The first-order chi connectivity index (χ1) is 13.9. The van der Waals surface area contributed by atoms with Gasteiger partial charge in [-0.1, -0.05) is 24.3 Å². The molecule has 2 N–H and O–H groups in total. The minimum absolute atomic E-state index is 0.322. The van der Waals surface area contributed by atoms with Crippen LogP contribution in [0.3, 0.4) is 0 Å². The lowest BCUT2D eigenvalue weighted by Gasteiger charge is -2.14. The van der Waals surface area contributed by atoms with E-state index in [9.17, 15) is 14.0 Å². The molecule has 3 rings (SSSR count). The number of esters is 1. The molecule has 0 fully saturated rings. The zero-order chi connectivity index (χ0) is 20.8. The molecule has 0 aromatic heterocycles. The van der Waals surface area contributed by atoms with Crippen molar-refractivity contribution >= 4 is 28.9 Å². The van der Waals surface area contributed by atoms with E-state index in [0.29, 0.717) is 16.9 Å². The highest BCUT2D eigenvalue weighted by Crippen LogP contribution is 2.25. The van der Waals surface area contributed by atoms with E-state index in [0.717, 1.165) is 16.8 Å². The molecule has 0 aliphatic heterocycles. The Bertz CT molecular complexity index is 1030. The minimum atomic E-state index is -0.618. The van der Waals surface area contributed by atoms with Gasteiger partial charge in [0.15, 0.2) is 6.61 Å². The number of ether oxygens (including phenoxy) is 1. The molecule has 0 saturated heterocycles. The average molecular weight is 392 g/mol. The van der Waals surface area contributed by atoms with Crippen molar-refractivity contribution in [3.8, 4) is 0 Å². The Morgan fingerprint density at radius 1 is 0.897 bits per heavy atom. The summed E-state index contributed by atoms with van der Waals surface area (Å²) in [6.45, 7) is 3.56. The quantitative estimate of drug-likeness (QED) is 0.581. The number of nitrogens with one attached hydrogen (secondary N) is 2. The smallest absolute Gasteiger partial charge is 0.340 e. The van der Waals surface area contributed by atoms with Crippen LogP contribution in [0.2, 0.25) is 0 Å². The molecule has 3 aromatic rings. The predicted molar refractivity (Wildman–Crippen MR) is 111 cm³/mol. The van der Waals surface area contributed by atoms with E-state index in [2.05, 4.69) is 10.6 Å². The third-order valence-electron chi connectivity index (χ3n) is 4.48. The SMILES string of the molecule is Cc1cccc(Nc2ccccc2C(=O)OCC(=O)Nc2ccc(F)cc2)c1C. The molecule has 0 atom stereocenters. The van der Waals surface area contributed by atoms with E-state index in [4.69, 9.17) is 4.74 Å². The van der Waals surface area contributed by atoms with Gasteiger partial charge in [0, 0.05) is 11.4 Å². The van der Waals surface area contributed by atoms with Gasteiger partial charge in [0.25, 0.3) is 5.91 Å². The summed E-state index contributed by atoms with van der Waals surface area (Å²) in [4.78, 5) is 24.5. The first-order valence-electron chi connectivity index (χ1n) is 9.09. The number of halogens is 1. The Labute approximate surface area is 168 Å². The lowest BCUT2D eigenvalue weighted by atomic mass is 10.1. The van der Waals surface area contributed by atoms with Gasteiger partial charge in [-0.15, -0.1) is 0 Å². The number of anilines is 3. The van der Waals surface area contributed by atoms with Gasteiger partial charge in [0.05, 0.1) is 11.3 Å². The third kappa shape index (κ3) is 5.19. The maximum atomic E-state index is 12.9. The Morgan fingerprint density at radius 3 is 2.34 bits per heavy atom. The molecule has 6 heteroatoms. The number of carbonyl (C=O) groups is 2. The van der Waals surface area contributed by atoms with Crippen LogP contribution >= 0.6 is 0 Å². The van der Waals surface area contributed by atoms with Crippen LogP contribution in [-0.4, -0.2) is 18.5 Å². The molecule has 0 spiro atoms. The number of amides is 1. The Hall–Kier alpha value is -3.67. The van der Waals surface area contributed by atoms with Crippen molar-refractivity contribution in [3.63, 3.8) is 0 Å². The molecule has 0 radical (unpaired) electrons. The second kappa shape index (κ2) is 9.01. The first-order valence-corrected chi connectivity index (χ1v) is 9.09. The third-order valence-corrected chi connectivity index (χ3v) is 4.48. The average Bonchev–Trinajstić information content (AvgIpc) is 2.72. The highest BCUT2D eigenvalue weighted by Gasteiger charge is 2.15. The van der Waals surface area contributed by atoms with Crippen LogP contribution in [0.5, 0.6) is 0 Å². The second-order valence-corrected chi connectivity index (χ2v) is 6.55. The van der Waals surface area contributed by atoms with Crippen molar-refractivity contribution in [2.75, 3.05) is 17.2 Å². The molecule has 0 aliphatic carbocycles. The van der Waals surface area contributed by atoms with Gasteiger partial charge < -0.3 is 15.4 Å². The fraction of sp³-hybridized carbons (Fsp3) is 0.130. The van der Waals surface area contributed by atoms with E-state index in [1.807, 2.05) is 38.1 Å². The molecule has 0 aliphatic rings. The van der Waals surface area contributed by atoms with Crippen molar-refractivity contribution in [2.45, 2.75) is 13.8 Å². The van der Waals surface area contributed by atoms with Gasteiger partial charge >= 0.3 is 5.97 Å². The molecule has 0 saturated carbocycles. The van der Waals surface area contributed by atoms with Crippen molar-refractivity contribution in [1.82, 2.24) is 0 Å². The molecular weight excluding hydrogens is 371 g/mol. The minimum Gasteiger partial charge on any atom is -0.452 e. The van der Waals surface area contributed by atoms with E-state index < -0.39 is 24.3 Å². The fourth-order valence-corrected chi connectivity index (χ4v) is 2.74. The van der Waals surface area contributed by atoms with E-state index >= 15 is 0 Å². The van der Waals surface area contributed by atoms with Gasteiger partial charge in [-0.3, -0.25) is 4.79 Å². The van der Waals surface area contributed by atoms with Crippen LogP contribution in [0.25, 0.3) is 0 Å². The zero-order valence-corrected chi connectivity index (χ0v) is 16.2. The number of carbonyl (C=O) groups excluding carboxylic acids is 2. The van der Waals surface area contributed by atoms with Crippen LogP contribution in [0, 0.1) is 19.7 Å². The molecule has 0 unspecified atom stereocenters. The van der Waals surface area contributed by atoms with Gasteiger partial charge in [-0.25, -0.2) is 9.18 Å². The molecule has 3 aromatic carbocycles. The predicted octanol–water partition coefficient (Wildman–Crippen LogP) is 4.98. The number of aryl methyl sites for hydroxylation is 1. The number of hydrogen-bond acceptors (Lipinski definition) is 4. The normalized spacial score (nSPS) is 10.3. The van der Waals surface area contributed by atoms with Crippen molar-refractivity contribution in [3.05, 3.63) is 89.2 Å². The maximum absolute atomic E-state index is 12.9. The summed E-state index contributed by atoms with van der Waals surface area (Å²) < 4.78 is 18.1. The van der Waals surface area contributed by atoms with Gasteiger partial charge in [-0.05, 0) is 67.4 Å². The summed E-state index contributed by atoms with van der Waals surface area (Å²) in [5.74, 6) is -1.53. The number of rotatable bonds is 6. The lowest BCUT2D eigenvalue weighted by Crippen LogP contribution is -2.21. The topological polar surface area (TPSA) is 67.4 Å². The largest absolute Gasteiger partial charge is 0.452 e. The number of benzene rings is 3. The monoisotopic (exact) mass is 392 g/mol. The van der Waals surface area contributed by atoms with Gasteiger partial charge in [0.1, 0.15) is 5.82 Å². The summed E-state index contributed by atoms with van der Waals surface area (Å²) in [7, 11) is 0. The summed E-state index contributed by atoms with van der Waals surface area (Å²) in [5.41, 5.74) is 4.43. The second-order valence-electron chi connectivity index (χ2n) is 6.55. The Morgan fingerprint density at radius 2 is 1.59 bits per heavy atom. The fourth-order valence-electron chi connectivity index (χ4n) is 2.74. The highest BCUT2D eigenvalue weighted by atomic mass is 19.1. The molecule has 0 bridgehead atoms. The summed E-state index contributed by atoms with van der Waals surface area (Å²) in [5, 5.41) is 5.80. The summed E-state index contributed by atoms with van der Waals surface area (Å²) >= 11 is 0. The molecule has 5 nitrogen and oxygen atoms in total. The Balaban J connectivity index is 1.66. The zero-order valence-electron chi connectivity index (χ0n) is 16.2. The van der Waals surface area contributed by atoms with Crippen LogP contribution < -0.4 is 10.6 Å². The maximum Gasteiger partial charge on any atom is 0.340 e. The first kappa shape index (κ1) is 20.1. The van der Waals surface area contributed by atoms with Crippen molar-refractivity contribution < 1.29 is 18.7 Å². The van der Waals surface area contributed by atoms with Crippen LogP contribution in [0.15, 0.2) is 66.7 Å². The molecule has 148 valence electrons. The van der Waals surface area contributed by atoms with Crippen LogP contribution in [0.1, 0.15) is 21.5 Å².